The van der Waals surface area contributed by atoms with Crippen LogP contribution in [0.2, 0.25) is 0 Å². The lowest BCUT2D eigenvalue weighted by Crippen LogP contribution is -2.32. The maximum atomic E-state index is 4.67. The molecule has 0 aliphatic carbocycles. The fourth-order valence-corrected chi connectivity index (χ4v) is 3.30. The van der Waals surface area contributed by atoms with Gasteiger partial charge < -0.3 is 10.2 Å². The summed E-state index contributed by atoms with van der Waals surface area (Å²) in [5, 5.41) is 3.55. The minimum Gasteiger partial charge on any atom is -0.357 e. The lowest BCUT2D eigenvalue weighted by atomic mass is 10.0. The molecule has 0 spiro atoms. The highest BCUT2D eigenvalue weighted by molar-refractivity contribution is 5.85. The quantitative estimate of drug-likeness (QED) is 0.767. The molecule has 23 heavy (non-hydrogen) atoms. The number of rotatable bonds is 5. The zero-order valence-corrected chi connectivity index (χ0v) is 14.9. The molecule has 2 saturated heterocycles. The van der Waals surface area contributed by atoms with Gasteiger partial charge in [0.05, 0.1) is 0 Å². The van der Waals surface area contributed by atoms with Gasteiger partial charge in [-0.25, -0.2) is 4.98 Å². The van der Waals surface area contributed by atoms with Gasteiger partial charge in [-0.1, -0.05) is 18.9 Å². The molecule has 0 bridgehead atoms. The maximum Gasteiger partial charge on any atom is 0.128 e. The number of anilines is 1. The van der Waals surface area contributed by atoms with Crippen molar-refractivity contribution in [2.45, 2.75) is 45.2 Å². The molecular formula is C17H30ClN5. The van der Waals surface area contributed by atoms with Crippen molar-refractivity contribution in [3.8, 4) is 0 Å². The first-order chi connectivity index (χ1) is 10.8. The van der Waals surface area contributed by atoms with Crippen molar-refractivity contribution in [1.82, 2.24) is 21.2 Å². The van der Waals surface area contributed by atoms with Gasteiger partial charge in [0, 0.05) is 50.9 Å². The number of hydrazine groups is 1. The van der Waals surface area contributed by atoms with Crippen molar-refractivity contribution in [1.29, 1.82) is 0 Å². The third kappa shape index (κ3) is 5.31. The monoisotopic (exact) mass is 339 g/mol. The Morgan fingerprint density at radius 3 is 2.61 bits per heavy atom. The van der Waals surface area contributed by atoms with Crippen LogP contribution in [-0.4, -0.2) is 37.2 Å². The smallest absolute Gasteiger partial charge is 0.128 e. The molecule has 3 rings (SSSR count). The first-order valence-electron chi connectivity index (χ1n) is 8.72. The first-order valence-corrected chi connectivity index (χ1v) is 8.72. The van der Waals surface area contributed by atoms with Crippen LogP contribution in [0.1, 0.15) is 38.2 Å². The molecule has 0 radical (unpaired) electrons. The Morgan fingerprint density at radius 2 is 2.00 bits per heavy atom. The van der Waals surface area contributed by atoms with Gasteiger partial charge >= 0.3 is 0 Å². The third-order valence-electron chi connectivity index (χ3n) is 4.88. The van der Waals surface area contributed by atoms with Crippen molar-refractivity contribution < 1.29 is 0 Å². The summed E-state index contributed by atoms with van der Waals surface area (Å²) in [6, 6.07) is 4.94. The van der Waals surface area contributed by atoms with Gasteiger partial charge in [-0.05, 0) is 31.4 Å². The minimum absolute atomic E-state index is 0. The maximum absolute atomic E-state index is 4.67. The van der Waals surface area contributed by atoms with Gasteiger partial charge in [0.25, 0.3) is 0 Å². The van der Waals surface area contributed by atoms with Gasteiger partial charge in [0.15, 0.2) is 0 Å². The lowest BCUT2D eigenvalue weighted by molar-refractivity contribution is 0.454. The molecule has 3 N–H and O–H groups in total. The SMILES string of the molecule is CC1NNCC1CNCc1ccc(N2CCCCCC2)nc1.Cl. The van der Waals surface area contributed by atoms with E-state index >= 15 is 0 Å². The largest absolute Gasteiger partial charge is 0.357 e. The van der Waals surface area contributed by atoms with E-state index in [2.05, 4.69) is 45.1 Å². The average molecular weight is 340 g/mol. The highest BCUT2D eigenvalue weighted by Gasteiger charge is 2.21. The summed E-state index contributed by atoms with van der Waals surface area (Å²) in [5.41, 5.74) is 7.74. The summed E-state index contributed by atoms with van der Waals surface area (Å²) >= 11 is 0. The Hall–Kier alpha value is -0.880. The summed E-state index contributed by atoms with van der Waals surface area (Å²) in [4.78, 5) is 7.10. The van der Waals surface area contributed by atoms with Crippen LogP contribution in [0.3, 0.4) is 0 Å². The molecule has 5 nitrogen and oxygen atoms in total. The zero-order valence-electron chi connectivity index (χ0n) is 14.1. The number of pyridine rings is 1. The van der Waals surface area contributed by atoms with Crippen molar-refractivity contribution in [2.24, 2.45) is 5.92 Å². The first kappa shape index (κ1) is 18.5. The van der Waals surface area contributed by atoms with Gasteiger partial charge in [-0.15, -0.1) is 12.4 Å². The second-order valence-electron chi connectivity index (χ2n) is 6.63. The van der Waals surface area contributed by atoms with Crippen LogP contribution in [0.15, 0.2) is 18.3 Å². The number of nitrogens with one attached hydrogen (secondary N) is 3. The van der Waals surface area contributed by atoms with Crippen LogP contribution in [0.5, 0.6) is 0 Å². The molecule has 1 aromatic heterocycles. The number of hydrogen-bond donors (Lipinski definition) is 3. The number of aromatic nitrogens is 1. The summed E-state index contributed by atoms with van der Waals surface area (Å²) in [6.07, 6.45) is 7.35. The van der Waals surface area contributed by atoms with Crippen LogP contribution in [0, 0.1) is 5.92 Å². The van der Waals surface area contributed by atoms with E-state index in [-0.39, 0.29) is 12.4 Å². The van der Waals surface area contributed by atoms with E-state index in [9.17, 15) is 0 Å². The average Bonchev–Trinajstić information content (AvgIpc) is 2.79. The van der Waals surface area contributed by atoms with Crippen LogP contribution >= 0.6 is 12.4 Å². The fraction of sp³-hybridized carbons (Fsp3) is 0.706. The van der Waals surface area contributed by atoms with E-state index < -0.39 is 0 Å². The Balaban J connectivity index is 0.00000192. The van der Waals surface area contributed by atoms with E-state index in [1.165, 1.54) is 31.2 Å². The molecule has 2 aliphatic rings. The standard InChI is InChI=1S/C17H29N5.ClH/c1-14-16(13-20-21-14)12-18-10-15-6-7-17(19-11-15)22-8-4-2-3-5-9-22;/h6-7,11,14,16,18,20-21H,2-5,8-10,12-13H2,1H3;1H. The second-order valence-corrected chi connectivity index (χ2v) is 6.63. The zero-order chi connectivity index (χ0) is 15.2. The van der Waals surface area contributed by atoms with Crippen molar-refractivity contribution in [2.75, 3.05) is 31.1 Å². The molecule has 0 amide bonds. The van der Waals surface area contributed by atoms with E-state index in [4.69, 9.17) is 0 Å². The Morgan fingerprint density at radius 1 is 1.22 bits per heavy atom. The Labute approximate surface area is 146 Å². The predicted molar refractivity (Wildman–Crippen MR) is 98.0 cm³/mol. The molecule has 3 heterocycles. The van der Waals surface area contributed by atoms with Gasteiger partial charge in [0.2, 0.25) is 0 Å². The molecule has 130 valence electrons. The summed E-state index contributed by atoms with van der Waals surface area (Å²) in [5.74, 6) is 1.80. The number of hydrogen-bond acceptors (Lipinski definition) is 5. The van der Waals surface area contributed by atoms with Crippen molar-refractivity contribution in [3.63, 3.8) is 0 Å². The molecular weight excluding hydrogens is 310 g/mol. The minimum atomic E-state index is 0. The van der Waals surface area contributed by atoms with E-state index in [0.29, 0.717) is 12.0 Å². The Bertz CT molecular complexity index is 445. The highest BCUT2D eigenvalue weighted by Crippen LogP contribution is 2.17. The molecule has 2 atom stereocenters. The highest BCUT2D eigenvalue weighted by atomic mass is 35.5. The molecule has 6 heteroatoms. The third-order valence-corrected chi connectivity index (χ3v) is 4.88. The lowest BCUT2D eigenvalue weighted by Gasteiger charge is -2.21. The van der Waals surface area contributed by atoms with E-state index in [1.54, 1.807) is 0 Å². The molecule has 1 aromatic rings. The molecule has 2 fully saturated rings. The van der Waals surface area contributed by atoms with E-state index in [1.807, 2.05) is 6.20 Å². The summed E-state index contributed by atoms with van der Waals surface area (Å²) < 4.78 is 0. The van der Waals surface area contributed by atoms with Crippen LogP contribution in [0.4, 0.5) is 5.82 Å². The van der Waals surface area contributed by atoms with Crippen LogP contribution in [0.25, 0.3) is 0 Å². The van der Waals surface area contributed by atoms with Crippen molar-refractivity contribution in [3.05, 3.63) is 23.9 Å². The fourth-order valence-electron chi connectivity index (χ4n) is 3.30. The second kappa shape index (κ2) is 9.42. The molecule has 0 saturated carbocycles. The molecule has 2 aliphatic heterocycles. The topological polar surface area (TPSA) is 52.2 Å². The summed E-state index contributed by atoms with van der Waals surface area (Å²) in [7, 11) is 0. The molecule has 2 unspecified atom stereocenters. The predicted octanol–water partition coefficient (Wildman–Crippen LogP) is 2.09. The summed E-state index contributed by atoms with van der Waals surface area (Å²) in [6.45, 7) is 7.52. The number of halogens is 1. The number of nitrogens with zero attached hydrogens (tertiary/aromatic N) is 2. The van der Waals surface area contributed by atoms with Gasteiger partial charge in [-0.2, -0.15) is 0 Å². The van der Waals surface area contributed by atoms with Crippen LogP contribution < -0.4 is 21.1 Å². The normalized spacial score (nSPS) is 25.0. The Kier molecular flexibility index (Phi) is 7.56. The van der Waals surface area contributed by atoms with Gasteiger partial charge in [0.1, 0.15) is 5.82 Å². The molecule has 0 aromatic carbocycles. The van der Waals surface area contributed by atoms with Gasteiger partial charge in [-0.3, -0.25) is 10.9 Å². The van der Waals surface area contributed by atoms with Crippen LogP contribution in [-0.2, 0) is 6.54 Å². The van der Waals surface area contributed by atoms with Crippen molar-refractivity contribution >= 4 is 18.2 Å². The van der Waals surface area contributed by atoms with E-state index in [0.717, 1.165) is 38.5 Å².